The fraction of sp³-hybridized carbons (Fsp3) is 0.917. The molecule has 2 heterocycles. The van der Waals surface area contributed by atoms with Gasteiger partial charge in [-0.05, 0) is 0 Å². The van der Waals surface area contributed by atoms with Crippen molar-refractivity contribution in [1.82, 2.24) is 0 Å². The Morgan fingerprint density at radius 3 is 2.04 bits per heavy atom. The van der Waals surface area contributed by atoms with Crippen molar-refractivity contribution in [2.24, 2.45) is 0 Å². The predicted octanol–water partition coefficient (Wildman–Crippen LogP) is -5.19. The zero-order valence-electron chi connectivity index (χ0n) is 11.9. The number of aliphatic hydroxyl groups excluding tert-OH is 7. The number of aliphatic hydroxyl groups is 7. The number of carbonyl (C=O) groups is 1. The second-order valence-electron chi connectivity index (χ2n) is 5.39. The van der Waals surface area contributed by atoms with Crippen LogP contribution in [0.4, 0.5) is 0 Å². The summed E-state index contributed by atoms with van der Waals surface area (Å²) < 4.78 is 15.0. The zero-order valence-corrected chi connectivity index (χ0v) is 11.9. The molecule has 0 amide bonds. The van der Waals surface area contributed by atoms with Crippen molar-refractivity contribution < 1.29 is 54.8 Å². The van der Waals surface area contributed by atoms with Gasteiger partial charge >= 0.3 is 5.97 Å². The Hall–Kier alpha value is -0.890. The Balaban J connectivity index is 2.13. The van der Waals surface area contributed by atoms with Crippen LogP contribution in [-0.2, 0) is 19.0 Å². The molecule has 11 nitrogen and oxygen atoms in total. The van der Waals surface area contributed by atoms with Crippen LogP contribution in [0.15, 0.2) is 0 Å². The molecule has 9 atom stereocenters. The summed E-state index contributed by atoms with van der Waals surface area (Å²) in [4.78, 5) is 11.3. The highest BCUT2D eigenvalue weighted by molar-refractivity contribution is 5.76. The molecule has 6 unspecified atom stereocenters. The molecule has 0 aliphatic carbocycles. The minimum Gasteiger partial charge on any atom is -0.455 e. The summed E-state index contributed by atoms with van der Waals surface area (Å²) in [6, 6.07) is 0. The molecule has 2 fully saturated rings. The summed E-state index contributed by atoms with van der Waals surface area (Å²) in [6.45, 7) is -1.42. The van der Waals surface area contributed by atoms with Gasteiger partial charge in [0.25, 0.3) is 0 Å². The molecule has 0 bridgehead atoms. The normalized spacial score (nSPS) is 48.1. The summed E-state index contributed by atoms with van der Waals surface area (Å²) in [7, 11) is 0. The highest BCUT2D eigenvalue weighted by atomic mass is 16.7. The van der Waals surface area contributed by atoms with Gasteiger partial charge in [0, 0.05) is 0 Å². The van der Waals surface area contributed by atoms with Gasteiger partial charge in [-0.25, -0.2) is 4.79 Å². The van der Waals surface area contributed by atoms with Crippen LogP contribution in [-0.4, -0.2) is 110 Å². The summed E-state index contributed by atoms with van der Waals surface area (Å²) in [5.74, 6) is -1.15. The molecular formula is C12H20O11. The maximum Gasteiger partial charge on any atom is 0.338 e. The molecule has 23 heavy (non-hydrogen) atoms. The molecule has 0 radical (unpaired) electrons. The van der Waals surface area contributed by atoms with Crippen LogP contribution in [0, 0.1) is 0 Å². The van der Waals surface area contributed by atoms with E-state index in [9.17, 15) is 35.4 Å². The van der Waals surface area contributed by atoms with Crippen molar-refractivity contribution in [3.05, 3.63) is 0 Å². The maximum atomic E-state index is 11.3. The molecule has 0 saturated carbocycles. The highest BCUT2D eigenvalue weighted by Gasteiger charge is 2.50. The van der Waals surface area contributed by atoms with Crippen LogP contribution in [0.3, 0.4) is 0 Å². The standard InChI is InChI=1S/C12H20O11/c13-1-3-5(15)6(16)9(19)12(22-3)23-10-4(2-14)21-11(20)8(18)7(10)17/h3-10,12-19H,1-2H2/t3?,4?,5-,6?,7?,8?,9?,10-,12+/m1/s1. The summed E-state index contributed by atoms with van der Waals surface area (Å²) in [5, 5.41) is 66.8. The SMILES string of the molecule is O=C1OC(CO)[C@@H](O[C@@H]2OC(CO)[C@@H](O)C(O)C2O)C(O)C1O. The summed E-state index contributed by atoms with van der Waals surface area (Å²) in [6.07, 6.45) is -14.4. The van der Waals surface area contributed by atoms with Gasteiger partial charge in [0.2, 0.25) is 0 Å². The number of hydrogen-bond donors (Lipinski definition) is 7. The second kappa shape index (κ2) is 7.34. The number of ether oxygens (including phenoxy) is 3. The van der Waals surface area contributed by atoms with Gasteiger partial charge in [-0.2, -0.15) is 0 Å². The largest absolute Gasteiger partial charge is 0.455 e. The van der Waals surface area contributed by atoms with Crippen molar-refractivity contribution >= 4 is 5.97 Å². The van der Waals surface area contributed by atoms with E-state index in [-0.39, 0.29) is 0 Å². The third-order valence-corrected chi connectivity index (χ3v) is 3.86. The minimum absolute atomic E-state index is 0.681. The Bertz CT molecular complexity index is 414. The first-order valence-corrected chi connectivity index (χ1v) is 6.95. The van der Waals surface area contributed by atoms with Gasteiger partial charge in [-0.15, -0.1) is 0 Å². The van der Waals surface area contributed by atoms with E-state index in [0.29, 0.717) is 0 Å². The third-order valence-electron chi connectivity index (χ3n) is 3.86. The summed E-state index contributed by atoms with van der Waals surface area (Å²) >= 11 is 0. The molecule has 134 valence electrons. The molecule has 0 aromatic rings. The molecule has 11 heteroatoms. The van der Waals surface area contributed by atoms with Gasteiger partial charge in [-0.1, -0.05) is 0 Å². The Kier molecular flexibility index (Phi) is 5.89. The van der Waals surface area contributed by atoms with E-state index in [1.54, 1.807) is 0 Å². The Labute approximate surface area is 130 Å². The van der Waals surface area contributed by atoms with E-state index >= 15 is 0 Å². The van der Waals surface area contributed by atoms with E-state index in [1.165, 1.54) is 0 Å². The number of carbonyl (C=O) groups excluding carboxylic acids is 1. The lowest BCUT2D eigenvalue weighted by Gasteiger charge is -2.43. The molecule has 0 aromatic heterocycles. The lowest BCUT2D eigenvalue weighted by molar-refractivity contribution is -0.331. The fourth-order valence-electron chi connectivity index (χ4n) is 2.47. The molecule has 7 N–H and O–H groups in total. The van der Waals surface area contributed by atoms with Gasteiger partial charge in [0.15, 0.2) is 18.5 Å². The van der Waals surface area contributed by atoms with Crippen LogP contribution in [0.1, 0.15) is 0 Å². The Morgan fingerprint density at radius 1 is 0.870 bits per heavy atom. The topological polar surface area (TPSA) is 186 Å². The summed E-state index contributed by atoms with van der Waals surface area (Å²) in [5.41, 5.74) is 0. The van der Waals surface area contributed by atoms with Crippen LogP contribution in [0.5, 0.6) is 0 Å². The quantitative estimate of drug-likeness (QED) is 0.242. The van der Waals surface area contributed by atoms with Crippen molar-refractivity contribution in [3.8, 4) is 0 Å². The molecule has 0 aromatic carbocycles. The van der Waals surface area contributed by atoms with Crippen molar-refractivity contribution in [2.75, 3.05) is 13.2 Å². The van der Waals surface area contributed by atoms with Gasteiger partial charge < -0.3 is 50.0 Å². The number of cyclic esters (lactones) is 1. The fourth-order valence-corrected chi connectivity index (χ4v) is 2.47. The number of hydrogen-bond acceptors (Lipinski definition) is 11. The molecular weight excluding hydrogens is 320 g/mol. The van der Waals surface area contributed by atoms with E-state index in [0.717, 1.165) is 0 Å². The van der Waals surface area contributed by atoms with E-state index in [2.05, 4.69) is 4.74 Å². The van der Waals surface area contributed by atoms with Crippen LogP contribution >= 0.6 is 0 Å². The zero-order chi connectivity index (χ0) is 17.3. The van der Waals surface area contributed by atoms with Crippen LogP contribution in [0.25, 0.3) is 0 Å². The first-order valence-electron chi connectivity index (χ1n) is 6.95. The first-order chi connectivity index (χ1) is 10.8. The Morgan fingerprint density at radius 2 is 1.48 bits per heavy atom. The molecule has 2 aliphatic rings. The first kappa shape index (κ1) is 18.4. The number of esters is 1. The highest BCUT2D eigenvalue weighted by Crippen LogP contribution is 2.27. The second-order valence-corrected chi connectivity index (χ2v) is 5.39. The maximum absolute atomic E-state index is 11.3. The monoisotopic (exact) mass is 340 g/mol. The lowest BCUT2D eigenvalue weighted by Crippen LogP contribution is -2.63. The number of rotatable bonds is 4. The van der Waals surface area contributed by atoms with Gasteiger partial charge in [0.1, 0.15) is 36.6 Å². The smallest absolute Gasteiger partial charge is 0.338 e. The van der Waals surface area contributed by atoms with Gasteiger partial charge in [0.05, 0.1) is 13.2 Å². The van der Waals surface area contributed by atoms with E-state index < -0.39 is 74.3 Å². The van der Waals surface area contributed by atoms with E-state index in [1.807, 2.05) is 0 Å². The molecule has 0 spiro atoms. The van der Waals surface area contributed by atoms with Crippen molar-refractivity contribution in [2.45, 2.75) is 55.1 Å². The molecule has 2 rings (SSSR count). The third kappa shape index (κ3) is 3.47. The lowest BCUT2D eigenvalue weighted by atomic mass is 9.97. The van der Waals surface area contributed by atoms with Crippen LogP contribution in [0.2, 0.25) is 0 Å². The van der Waals surface area contributed by atoms with Crippen molar-refractivity contribution in [1.29, 1.82) is 0 Å². The van der Waals surface area contributed by atoms with Gasteiger partial charge in [-0.3, -0.25) is 0 Å². The predicted molar refractivity (Wildman–Crippen MR) is 67.6 cm³/mol. The average molecular weight is 340 g/mol. The van der Waals surface area contributed by atoms with E-state index in [4.69, 9.17) is 14.6 Å². The molecule has 2 aliphatic heterocycles. The molecule has 2 saturated heterocycles. The van der Waals surface area contributed by atoms with Crippen LogP contribution < -0.4 is 0 Å². The minimum atomic E-state index is -1.92. The van der Waals surface area contributed by atoms with Crippen molar-refractivity contribution in [3.63, 3.8) is 0 Å². The average Bonchev–Trinajstić information content (AvgIpc) is 2.55.